The maximum Gasteiger partial charge on any atom is 0.261 e. The summed E-state index contributed by atoms with van der Waals surface area (Å²) in [7, 11) is 0. The van der Waals surface area contributed by atoms with Crippen LogP contribution in [-0.2, 0) is 14.4 Å². The Labute approximate surface area is 168 Å². The van der Waals surface area contributed by atoms with E-state index in [4.69, 9.17) is 5.73 Å². The first-order chi connectivity index (χ1) is 13.9. The number of primary amides is 1. The zero-order chi connectivity index (χ0) is 21.0. The summed E-state index contributed by atoms with van der Waals surface area (Å²) in [6, 6.07) is 6.08. The molecule has 9 nitrogen and oxygen atoms in total. The molecule has 2 aliphatic heterocycles. The summed E-state index contributed by atoms with van der Waals surface area (Å²) in [6.07, 6.45) is 1.87. The van der Waals surface area contributed by atoms with Gasteiger partial charge in [-0.3, -0.25) is 28.9 Å². The highest BCUT2D eigenvalue weighted by molar-refractivity contribution is 6.21. The number of imide groups is 1. The Hall–Kier alpha value is -3.23. The number of rotatable bonds is 8. The number of fused-ring (bicyclic) bond motifs is 1. The van der Waals surface area contributed by atoms with Crippen LogP contribution >= 0.6 is 0 Å². The Bertz CT molecular complexity index is 818. The Morgan fingerprint density at radius 3 is 2.34 bits per heavy atom. The molecule has 0 radical (unpaired) electrons. The minimum atomic E-state index is -0.558. The van der Waals surface area contributed by atoms with Crippen molar-refractivity contribution in [2.24, 2.45) is 5.73 Å². The van der Waals surface area contributed by atoms with Crippen molar-refractivity contribution >= 4 is 29.5 Å². The number of benzene rings is 1. The number of hydrogen-bond donors (Lipinski definition) is 2. The fraction of sp³-hybridized carbons (Fsp3) is 0.450. The highest BCUT2D eigenvalue weighted by atomic mass is 16.2. The van der Waals surface area contributed by atoms with Crippen molar-refractivity contribution in [1.82, 2.24) is 15.1 Å². The third-order valence-corrected chi connectivity index (χ3v) is 5.23. The number of carbonyl (C=O) groups excluding carboxylic acids is 5. The molecule has 0 spiro atoms. The van der Waals surface area contributed by atoms with Crippen LogP contribution in [0.15, 0.2) is 24.3 Å². The quantitative estimate of drug-likeness (QED) is 0.596. The number of carbonyl (C=O) groups is 5. The molecule has 1 aromatic rings. The molecule has 2 aliphatic rings. The van der Waals surface area contributed by atoms with Gasteiger partial charge in [0.2, 0.25) is 17.7 Å². The average molecular weight is 400 g/mol. The predicted molar refractivity (Wildman–Crippen MR) is 103 cm³/mol. The number of amides is 5. The van der Waals surface area contributed by atoms with Crippen LogP contribution in [0.2, 0.25) is 0 Å². The van der Waals surface area contributed by atoms with Crippen molar-refractivity contribution < 1.29 is 24.0 Å². The average Bonchev–Trinajstić information content (AvgIpc) is 3.28. The fourth-order valence-corrected chi connectivity index (χ4v) is 3.74. The molecular weight excluding hydrogens is 376 g/mol. The highest BCUT2D eigenvalue weighted by Crippen LogP contribution is 2.22. The molecule has 3 N–H and O–H groups in total. The first-order valence-corrected chi connectivity index (χ1v) is 9.71. The molecule has 2 heterocycles. The van der Waals surface area contributed by atoms with Crippen LogP contribution in [0, 0.1) is 0 Å². The van der Waals surface area contributed by atoms with Gasteiger partial charge in [-0.05, 0) is 31.4 Å². The first kappa shape index (κ1) is 20.5. The molecular formula is C20H24N4O5. The monoisotopic (exact) mass is 400 g/mol. The molecule has 0 saturated carbocycles. The summed E-state index contributed by atoms with van der Waals surface area (Å²) in [5.41, 5.74) is 6.07. The number of nitrogens with one attached hydrogen (secondary N) is 1. The molecule has 5 amide bonds. The lowest BCUT2D eigenvalue weighted by molar-refractivity contribution is -0.137. The van der Waals surface area contributed by atoms with Gasteiger partial charge >= 0.3 is 0 Å². The molecule has 29 heavy (non-hydrogen) atoms. The van der Waals surface area contributed by atoms with Crippen molar-refractivity contribution in [2.75, 3.05) is 19.6 Å². The van der Waals surface area contributed by atoms with E-state index < -0.39 is 11.9 Å². The fourth-order valence-electron chi connectivity index (χ4n) is 3.74. The lowest BCUT2D eigenvalue weighted by Crippen LogP contribution is -2.44. The lowest BCUT2D eigenvalue weighted by Gasteiger charge is -2.22. The SMILES string of the molecule is NC(=O)C1CCCN1C(=O)CCNC(=O)CCCN1C(=O)c2ccccc2C1=O. The molecule has 9 heteroatoms. The Balaban J connectivity index is 1.37. The van der Waals surface area contributed by atoms with Gasteiger partial charge in [0.1, 0.15) is 6.04 Å². The molecule has 0 bridgehead atoms. The van der Waals surface area contributed by atoms with Gasteiger partial charge in [0, 0.05) is 32.5 Å². The molecule has 1 aromatic carbocycles. The largest absolute Gasteiger partial charge is 0.368 e. The molecule has 1 atom stereocenters. The third kappa shape index (κ3) is 4.44. The molecule has 154 valence electrons. The van der Waals surface area contributed by atoms with Crippen molar-refractivity contribution in [3.8, 4) is 0 Å². The molecule has 3 rings (SSSR count). The van der Waals surface area contributed by atoms with Gasteiger partial charge in [-0.2, -0.15) is 0 Å². The Kier molecular flexibility index (Phi) is 6.26. The van der Waals surface area contributed by atoms with Gasteiger partial charge in [0.05, 0.1) is 11.1 Å². The van der Waals surface area contributed by atoms with E-state index in [-0.39, 0.29) is 49.6 Å². The predicted octanol–water partition coefficient (Wildman–Crippen LogP) is 0.0454. The van der Waals surface area contributed by atoms with Gasteiger partial charge in [0.15, 0.2) is 0 Å². The molecule has 1 unspecified atom stereocenters. The minimum Gasteiger partial charge on any atom is -0.368 e. The second-order valence-corrected chi connectivity index (χ2v) is 7.16. The highest BCUT2D eigenvalue weighted by Gasteiger charge is 2.34. The van der Waals surface area contributed by atoms with Gasteiger partial charge < -0.3 is 16.0 Å². The van der Waals surface area contributed by atoms with Crippen LogP contribution < -0.4 is 11.1 Å². The van der Waals surface area contributed by atoms with Crippen LogP contribution in [-0.4, -0.2) is 65.0 Å². The molecule has 0 aromatic heterocycles. The number of nitrogens with two attached hydrogens (primary N) is 1. The second-order valence-electron chi connectivity index (χ2n) is 7.16. The maximum absolute atomic E-state index is 12.3. The summed E-state index contributed by atoms with van der Waals surface area (Å²) < 4.78 is 0. The smallest absolute Gasteiger partial charge is 0.261 e. The zero-order valence-corrected chi connectivity index (χ0v) is 16.1. The van der Waals surface area contributed by atoms with E-state index in [0.29, 0.717) is 30.5 Å². The van der Waals surface area contributed by atoms with Crippen molar-refractivity contribution in [3.63, 3.8) is 0 Å². The maximum atomic E-state index is 12.3. The van der Waals surface area contributed by atoms with Crippen LogP contribution in [0.5, 0.6) is 0 Å². The van der Waals surface area contributed by atoms with Crippen LogP contribution in [0.4, 0.5) is 0 Å². The molecule has 1 saturated heterocycles. The van der Waals surface area contributed by atoms with E-state index in [2.05, 4.69) is 5.32 Å². The van der Waals surface area contributed by atoms with Gasteiger partial charge in [0.25, 0.3) is 11.8 Å². The summed E-state index contributed by atoms with van der Waals surface area (Å²) in [6.45, 7) is 0.820. The zero-order valence-electron chi connectivity index (χ0n) is 16.1. The van der Waals surface area contributed by atoms with Crippen LogP contribution in [0.1, 0.15) is 52.8 Å². The lowest BCUT2D eigenvalue weighted by atomic mass is 10.1. The van der Waals surface area contributed by atoms with E-state index in [0.717, 1.165) is 11.3 Å². The standard InChI is InChI=1S/C20H24N4O5/c21-18(27)15-7-3-11-23(15)17(26)9-10-22-16(25)8-4-12-24-19(28)13-5-1-2-6-14(13)20(24)29/h1-2,5-6,15H,3-4,7-12H2,(H2,21,27)(H,22,25). The Morgan fingerprint density at radius 1 is 1.07 bits per heavy atom. The van der Waals surface area contributed by atoms with E-state index in [1.807, 2.05) is 0 Å². The van der Waals surface area contributed by atoms with E-state index in [1.165, 1.54) is 4.90 Å². The number of likely N-dealkylation sites (tertiary alicyclic amines) is 1. The molecule has 0 aliphatic carbocycles. The van der Waals surface area contributed by atoms with E-state index in [9.17, 15) is 24.0 Å². The summed E-state index contributed by atoms with van der Waals surface area (Å²) >= 11 is 0. The summed E-state index contributed by atoms with van der Waals surface area (Å²) in [5.74, 6) is -1.66. The van der Waals surface area contributed by atoms with E-state index >= 15 is 0 Å². The number of hydrogen-bond acceptors (Lipinski definition) is 5. The molecule has 1 fully saturated rings. The van der Waals surface area contributed by atoms with Crippen LogP contribution in [0.3, 0.4) is 0 Å². The number of nitrogens with zero attached hydrogens (tertiary/aromatic N) is 2. The van der Waals surface area contributed by atoms with Gasteiger partial charge in [-0.15, -0.1) is 0 Å². The third-order valence-electron chi connectivity index (χ3n) is 5.23. The van der Waals surface area contributed by atoms with Gasteiger partial charge in [-0.25, -0.2) is 0 Å². The van der Waals surface area contributed by atoms with Crippen molar-refractivity contribution in [1.29, 1.82) is 0 Å². The van der Waals surface area contributed by atoms with Crippen LogP contribution in [0.25, 0.3) is 0 Å². The summed E-state index contributed by atoms with van der Waals surface area (Å²) in [4.78, 5) is 62.7. The second kappa shape index (κ2) is 8.85. The minimum absolute atomic E-state index is 0.0912. The van der Waals surface area contributed by atoms with Gasteiger partial charge in [-0.1, -0.05) is 12.1 Å². The van der Waals surface area contributed by atoms with Crippen molar-refractivity contribution in [3.05, 3.63) is 35.4 Å². The topological polar surface area (TPSA) is 130 Å². The summed E-state index contributed by atoms with van der Waals surface area (Å²) in [5, 5.41) is 2.66. The first-order valence-electron chi connectivity index (χ1n) is 9.71. The normalized spacial score (nSPS) is 18.1. The van der Waals surface area contributed by atoms with E-state index in [1.54, 1.807) is 24.3 Å². The van der Waals surface area contributed by atoms with Crippen molar-refractivity contribution in [2.45, 2.75) is 38.1 Å². The Morgan fingerprint density at radius 2 is 1.72 bits per heavy atom.